The number of nitrogens with zero attached hydrogens (tertiary/aromatic N) is 6. The summed E-state index contributed by atoms with van der Waals surface area (Å²) >= 11 is 0. The number of H-pyrrole nitrogens is 2. The van der Waals surface area contributed by atoms with Gasteiger partial charge in [-0.25, -0.2) is 24.5 Å². The van der Waals surface area contributed by atoms with Crippen LogP contribution in [-0.2, 0) is 36.7 Å². The zero-order chi connectivity index (χ0) is 31.0. The van der Waals surface area contributed by atoms with Crippen LogP contribution < -0.4 is 16.0 Å². The Morgan fingerprint density at radius 2 is 1.27 bits per heavy atom. The van der Waals surface area contributed by atoms with E-state index in [9.17, 15) is 38.7 Å². The van der Waals surface area contributed by atoms with Gasteiger partial charge in [-0.3, -0.25) is 32.3 Å². The summed E-state index contributed by atoms with van der Waals surface area (Å²) in [5, 5.41) is 22.1. The highest BCUT2D eigenvalue weighted by molar-refractivity contribution is 7.47. The predicted octanol–water partition coefficient (Wildman–Crippen LogP) is -2.84. The third-order valence-electron chi connectivity index (χ3n) is 7.20. The van der Waals surface area contributed by atoms with Gasteiger partial charge in [0.25, 0.3) is 18.9 Å². The average Bonchev–Trinajstić information content (AvgIpc) is 3.73. The molecule has 2 unspecified atom stereocenters. The fourth-order valence-corrected chi connectivity index (χ4v) is 7.14. The molecule has 22 nitrogen and oxygen atoms in total. The van der Waals surface area contributed by atoms with E-state index in [1.807, 2.05) is 0 Å². The van der Waals surface area contributed by atoms with Gasteiger partial charge >= 0.3 is 7.82 Å². The molecule has 4 aromatic heterocycles. The van der Waals surface area contributed by atoms with Gasteiger partial charge in [0.05, 0.1) is 38.5 Å². The second-order valence-corrected chi connectivity index (χ2v) is 12.6. The number of aromatic amines is 2. The molecule has 5 N–H and O–H groups in total. The maximum absolute atomic E-state index is 13.0. The summed E-state index contributed by atoms with van der Waals surface area (Å²) in [6.45, 7) is -1.75. The molecule has 236 valence electrons. The Morgan fingerprint density at radius 3 is 1.80 bits per heavy atom. The zero-order valence-corrected chi connectivity index (χ0v) is 23.5. The monoisotopic (exact) mass is 659 g/mol. The molecule has 0 saturated carbocycles. The van der Waals surface area contributed by atoms with Crippen molar-refractivity contribution in [3.63, 3.8) is 0 Å². The van der Waals surface area contributed by atoms with Gasteiger partial charge in [0.15, 0.2) is 34.8 Å². The second kappa shape index (κ2) is 10.7. The third kappa shape index (κ3) is 5.04. The van der Waals surface area contributed by atoms with Crippen molar-refractivity contribution in [2.45, 2.75) is 49.1 Å². The van der Waals surface area contributed by atoms with Crippen molar-refractivity contribution >= 4 is 38.0 Å². The minimum Gasteiger partial charge on any atom is -0.756 e. The van der Waals surface area contributed by atoms with Crippen LogP contribution in [0.2, 0.25) is 0 Å². The van der Waals surface area contributed by atoms with Crippen LogP contribution >= 0.6 is 15.6 Å². The molecule has 10 atom stereocenters. The standard InChI is InChI=1S/C20H22N8O14P2/c29-11-13-7(39-19(11)27-5-25-9-15(27)21-3-23-17(9)31)1-37-43(33,34)42-14-8(2-38-44(35,36)41-13)40-20(12(14)30)28-6-26-10-16(28)22-4-24-18(10)32/h3-8,11-14,19-20,29-30H,1-2H2,(H,33,34)(H,35,36)(H,21,23,31)(H,22,24,32)/p-1/t7-,8-,11-,12-,13-,14-,19-,20-/m1/s1. The van der Waals surface area contributed by atoms with E-state index in [4.69, 9.17) is 27.6 Å². The lowest BCUT2D eigenvalue weighted by Gasteiger charge is -2.32. The molecule has 3 aliphatic rings. The highest BCUT2D eigenvalue weighted by Crippen LogP contribution is 2.52. The van der Waals surface area contributed by atoms with E-state index >= 15 is 0 Å². The van der Waals surface area contributed by atoms with E-state index in [0.29, 0.717) is 0 Å². The number of imidazole rings is 2. The van der Waals surface area contributed by atoms with E-state index in [2.05, 4.69) is 29.9 Å². The van der Waals surface area contributed by atoms with Crippen LogP contribution in [0.3, 0.4) is 0 Å². The largest absolute Gasteiger partial charge is 0.756 e. The number of hydrogen-bond acceptors (Lipinski definition) is 17. The molecule has 3 saturated heterocycles. The summed E-state index contributed by atoms with van der Waals surface area (Å²) < 4.78 is 60.1. The summed E-state index contributed by atoms with van der Waals surface area (Å²) in [5.74, 6) is 0. The van der Waals surface area contributed by atoms with Crippen molar-refractivity contribution in [2.75, 3.05) is 13.2 Å². The van der Waals surface area contributed by atoms with Crippen LogP contribution in [0, 0.1) is 0 Å². The molecule has 3 fully saturated rings. The van der Waals surface area contributed by atoms with Crippen LogP contribution in [0.25, 0.3) is 22.3 Å². The molecular formula is C20H21N8O14P2-. The molecule has 24 heteroatoms. The van der Waals surface area contributed by atoms with Crippen molar-refractivity contribution in [1.82, 2.24) is 39.0 Å². The van der Waals surface area contributed by atoms with E-state index in [0.717, 1.165) is 34.4 Å². The molecule has 4 aromatic rings. The van der Waals surface area contributed by atoms with Gasteiger partial charge in [-0.1, -0.05) is 0 Å². The van der Waals surface area contributed by atoms with Crippen LogP contribution in [0.5, 0.6) is 0 Å². The molecule has 0 aliphatic carbocycles. The predicted molar refractivity (Wildman–Crippen MR) is 135 cm³/mol. The number of fused-ring (bicyclic) bond motifs is 4. The van der Waals surface area contributed by atoms with Crippen LogP contribution in [0.4, 0.5) is 0 Å². The first-order valence-electron chi connectivity index (χ1n) is 12.7. The van der Waals surface area contributed by atoms with Crippen LogP contribution in [0.1, 0.15) is 12.5 Å². The Labute approximate surface area is 242 Å². The quantitative estimate of drug-likeness (QED) is 0.135. The van der Waals surface area contributed by atoms with Crippen molar-refractivity contribution in [1.29, 1.82) is 0 Å². The number of aliphatic hydroxyl groups is 2. The number of hydrogen-bond donors (Lipinski definition) is 5. The number of phosphoric ester groups is 2. The normalized spacial score (nSPS) is 38.3. The SMILES string of the molecule is O=c1[nH]cnc2c1ncn2[C@@H]1O[C@@H]2COP(=O)(O)O[C@H]3[C@@H](O)[C@H](n4cnc5c(=O)[nH]cnc54)O[C@@H]3COP(=O)([O-])O[C@H]2[C@H]1O. The minimum absolute atomic E-state index is 0.0173. The van der Waals surface area contributed by atoms with Gasteiger partial charge in [0.1, 0.15) is 36.6 Å². The molecule has 3 aliphatic heterocycles. The number of nitrogens with one attached hydrogen (secondary N) is 2. The van der Waals surface area contributed by atoms with Gasteiger partial charge in [0.2, 0.25) is 0 Å². The molecule has 0 aromatic carbocycles. The molecule has 0 spiro atoms. The Hall–Kier alpha value is -3.24. The summed E-state index contributed by atoms with van der Waals surface area (Å²) in [7, 11) is -10.4. The molecule has 7 heterocycles. The van der Waals surface area contributed by atoms with Gasteiger partial charge in [-0.05, 0) is 0 Å². The number of aliphatic hydroxyl groups excluding tert-OH is 2. The lowest BCUT2D eigenvalue weighted by Crippen LogP contribution is -2.40. The number of phosphoric acid groups is 2. The Morgan fingerprint density at radius 1 is 0.795 bits per heavy atom. The van der Waals surface area contributed by atoms with E-state index in [-0.39, 0.29) is 22.3 Å². The highest BCUT2D eigenvalue weighted by Gasteiger charge is 2.52. The molecule has 0 radical (unpaired) electrons. The van der Waals surface area contributed by atoms with E-state index < -0.39 is 89.1 Å². The van der Waals surface area contributed by atoms with Crippen LogP contribution in [0.15, 0.2) is 34.9 Å². The first-order chi connectivity index (χ1) is 20.9. The number of aromatic nitrogens is 8. The first kappa shape index (κ1) is 29.5. The topological polar surface area (TPSA) is 300 Å². The third-order valence-corrected chi connectivity index (χ3v) is 9.15. The summed E-state index contributed by atoms with van der Waals surface area (Å²) in [4.78, 5) is 68.1. The number of rotatable bonds is 2. The summed E-state index contributed by atoms with van der Waals surface area (Å²) in [6, 6.07) is 0. The lowest BCUT2D eigenvalue weighted by atomic mass is 10.1. The second-order valence-electron chi connectivity index (χ2n) is 9.87. The summed E-state index contributed by atoms with van der Waals surface area (Å²) in [5.41, 5.74) is -1.43. The van der Waals surface area contributed by atoms with Gasteiger partial charge in [-0.15, -0.1) is 0 Å². The molecule has 0 amide bonds. The molecule has 0 bridgehead atoms. The minimum atomic E-state index is -5.30. The summed E-state index contributed by atoms with van der Waals surface area (Å²) in [6.07, 6.45) is -8.49. The molecular weight excluding hydrogens is 638 g/mol. The fourth-order valence-electron chi connectivity index (χ4n) is 5.22. The van der Waals surface area contributed by atoms with E-state index in [1.165, 1.54) is 0 Å². The average molecular weight is 659 g/mol. The lowest BCUT2D eigenvalue weighted by molar-refractivity contribution is -0.236. The first-order valence-corrected chi connectivity index (χ1v) is 15.7. The Kier molecular flexibility index (Phi) is 7.16. The number of ether oxygens (including phenoxy) is 2. The zero-order valence-electron chi connectivity index (χ0n) is 21.8. The van der Waals surface area contributed by atoms with Crippen LogP contribution in [-0.4, -0.2) is 104 Å². The van der Waals surface area contributed by atoms with Crippen molar-refractivity contribution in [3.05, 3.63) is 46.0 Å². The Bertz CT molecular complexity index is 1810. The van der Waals surface area contributed by atoms with Crippen molar-refractivity contribution in [3.8, 4) is 0 Å². The van der Waals surface area contributed by atoms with E-state index in [1.54, 1.807) is 0 Å². The van der Waals surface area contributed by atoms with Gasteiger partial charge in [-0.2, -0.15) is 0 Å². The molecule has 7 rings (SSSR count). The smallest absolute Gasteiger partial charge is 0.472 e. The molecule has 44 heavy (non-hydrogen) atoms. The van der Waals surface area contributed by atoms with Gasteiger partial charge < -0.3 is 48.5 Å². The highest BCUT2D eigenvalue weighted by atomic mass is 31.2. The van der Waals surface area contributed by atoms with Gasteiger partial charge in [0, 0.05) is 0 Å². The van der Waals surface area contributed by atoms with Crippen molar-refractivity contribution in [2.24, 2.45) is 0 Å². The fraction of sp³-hybridized carbons (Fsp3) is 0.500. The Balaban J connectivity index is 1.17. The van der Waals surface area contributed by atoms with Crippen molar-refractivity contribution < 1.29 is 56.7 Å². The maximum Gasteiger partial charge on any atom is 0.472 e. The maximum atomic E-state index is 13.0.